The number of nitrogens with two attached hydrogens (primary N) is 1. The predicted octanol–water partition coefficient (Wildman–Crippen LogP) is 2.58. The molecule has 0 saturated heterocycles. The van der Waals surface area contributed by atoms with Crippen LogP contribution in [0.3, 0.4) is 0 Å². The van der Waals surface area contributed by atoms with Gasteiger partial charge in [-0.1, -0.05) is 5.16 Å². The molecule has 3 aromatic heterocycles. The van der Waals surface area contributed by atoms with Gasteiger partial charge in [0.2, 0.25) is 0 Å². The molecule has 2 aliphatic carbocycles. The highest BCUT2D eigenvalue weighted by Crippen LogP contribution is 2.46. The first-order chi connectivity index (χ1) is 12.5. The molecule has 5 rings (SSSR count). The molecule has 3 heterocycles. The van der Waals surface area contributed by atoms with Gasteiger partial charge >= 0.3 is 5.97 Å². The topological polar surface area (TPSA) is 133 Å². The van der Waals surface area contributed by atoms with Crippen LogP contribution in [0, 0.1) is 9.49 Å². The maximum absolute atomic E-state index is 11.1. The van der Waals surface area contributed by atoms with E-state index in [0.717, 1.165) is 22.2 Å². The Morgan fingerprint density at radius 2 is 2.08 bits per heavy atom. The van der Waals surface area contributed by atoms with Crippen LogP contribution in [0.15, 0.2) is 10.9 Å². The van der Waals surface area contributed by atoms with Gasteiger partial charge in [0.25, 0.3) is 0 Å². The summed E-state index contributed by atoms with van der Waals surface area (Å²) in [5, 5.41) is 18.7. The summed E-state index contributed by atoms with van der Waals surface area (Å²) in [6.45, 7) is 0. The van der Waals surface area contributed by atoms with Crippen molar-refractivity contribution in [2.75, 3.05) is 5.73 Å². The number of hydrogen-bond acceptors (Lipinski definition) is 7. The van der Waals surface area contributed by atoms with E-state index < -0.39 is 5.97 Å². The van der Waals surface area contributed by atoms with Crippen molar-refractivity contribution in [3.8, 4) is 11.4 Å². The van der Waals surface area contributed by atoms with Crippen LogP contribution in [0.2, 0.25) is 0 Å². The van der Waals surface area contributed by atoms with Gasteiger partial charge in [-0.25, -0.2) is 14.6 Å². The molecule has 3 aromatic rings. The van der Waals surface area contributed by atoms with Crippen LogP contribution in [0.4, 0.5) is 5.82 Å². The van der Waals surface area contributed by atoms with Crippen molar-refractivity contribution in [2.45, 2.75) is 37.6 Å². The summed E-state index contributed by atoms with van der Waals surface area (Å²) in [5.41, 5.74) is 7.96. The third-order valence-electron chi connectivity index (χ3n) is 5.16. The molecule has 0 amide bonds. The van der Waals surface area contributed by atoms with E-state index in [4.69, 9.17) is 20.5 Å². The maximum atomic E-state index is 11.1. The first kappa shape index (κ1) is 16.0. The second-order valence-electron chi connectivity index (χ2n) is 6.89. The number of anilines is 1. The molecule has 2 saturated carbocycles. The van der Waals surface area contributed by atoms with E-state index in [0.29, 0.717) is 47.0 Å². The largest absolute Gasteiger partial charge is 0.481 e. The average Bonchev–Trinajstić information content (AvgIpc) is 3.22. The number of aliphatic carboxylic acids is 1. The Balaban J connectivity index is 1.63. The number of fused-ring (bicyclic) bond motifs is 1. The van der Waals surface area contributed by atoms with Crippen LogP contribution in [-0.4, -0.2) is 36.0 Å². The zero-order valence-electron chi connectivity index (χ0n) is 13.6. The molecule has 0 atom stereocenters. The van der Waals surface area contributed by atoms with Gasteiger partial charge in [-0.2, -0.15) is 5.10 Å². The number of carbonyl (C=O) groups is 1. The van der Waals surface area contributed by atoms with E-state index in [2.05, 4.69) is 37.7 Å². The summed E-state index contributed by atoms with van der Waals surface area (Å²) in [7, 11) is 0. The number of aromatic nitrogens is 5. The zero-order chi connectivity index (χ0) is 18.0. The molecule has 0 bridgehead atoms. The molecule has 2 aliphatic rings. The Labute approximate surface area is 161 Å². The number of carboxylic acids is 1. The van der Waals surface area contributed by atoms with Gasteiger partial charge < -0.3 is 15.4 Å². The van der Waals surface area contributed by atoms with Crippen molar-refractivity contribution < 1.29 is 14.4 Å². The number of rotatable bonds is 4. The molecule has 2 fully saturated rings. The Kier molecular flexibility index (Phi) is 3.46. The van der Waals surface area contributed by atoms with Crippen LogP contribution in [-0.2, 0) is 4.79 Å². The van der Waals surface area contributed by atoms with Crippen molar-refractivity contribution in [1.29, 1.82) is 0 Å². The van der Waals surface area contributed by atoms with Crippen molar-refractivity contribution in [3.05, 3.63) is 15.7 Å². The number of hydrogen-bond donors (Lipinski definition) is 2. The fourth-order valence-corrected chi connectivity index (χ4v) is 4.34. The molecule has 0 aliphatic heterocycles. The normalized spacial score (nSPS) is 22.5. The smallest absolute Gasteiger partial charge is 0.306 e. The molecule has 0 unspecified atom stereocenters. The van der Waals surface area contributed by atoms with Gasteiger partial charge in [-0.05, 0) is 48.3 Å². The molecule has 0 spiro atoms. The van der Waals surface area contributed by atoms with E-state index in [1.54, 1.807) is 4.68 Å². The third kappa shape index (κ3) is 2.31. The highest BCUT2D eigenvalue weighted by atomic mass is 127. The van der Waals surface area contributed by atoms with Crippen LogP contribution in [0.1, 0.15) is 43.4 Å². The van der Waals surface area contributed by atoms with Crippen LogP contribution in [0.25, 0.3) is 22.4 Å². The molecule has 9 nitrogen and oxygen atoms in total. The number of halogens is 1. The molecule has 0 aromatic carbocycles. The van der Waals surface area contributed by atoms with E-state index in [1.165, 1.54) is 6.33 Å². The average molecular weight is 466 g/mol. The van der Waals surface area contributed by atoms with Crippen molar-refractivity contribution >= 4 is 45.4 Å². The lowest BCUT2D eigenvalue weighted by atomic mass is 9.80. The summed E-state index contributed by atoms with van der Waals surface area (Å²) in [5.74, 6) is 0.557. The van der Waals surface area contributed by atoms with Crippen LogP contribution >= 0.6 is 22.6 Å². The van der Waals surface area contributed by atoms with Crippen LogP contribution < -0.4 is 5.73 Å². The van der Waals surface area contributed by atoms with Gasteiger partial charge in [0.1, 0.15) is 23.5 Å². The van der Waals surface area contributed by atoms with Gasteiger partial charge in [-0.15, -0.1) is 0 Å². The molecule has 26 heavy (non-hydrogen) atoms. The summed E-state index contributed by atoms with van der Waals surface area (Å²) >= 11 is 2.24. The van der Waals surface area contributed by atoms with Gasteiger partial charge in [0, 0.05) is 5.92 Å². The molecule has 3 N–H and O–H groups in total. The quantitative estimate of drug-likeness (QED) is 0.561. The Morgan fingerprint density at radius 1 is 1.31 bits per heavy atom. The van der Waals surface area contributed by atoms with Gasteiger partial charge in [0.15, 0.2) is 11.4 Å². The maximum Gasteiger partial charge on any atom is 0.306 e. The second kappa shape index (κ2) is 5.63. The standard InChI is InChI=1S/C16H15IN6O3/c17-10-12(22-26-13(10)6-1-2-6)11-9-14(18)19-5-20-15(9)23(21-11)8-3-7(4-8)16(24)25/h5-8H,1-4H2,(H,24,25)(H2,18,19,20). The molecular formula is C16H15IN6O3. The highest BCUT2D eigenvalue weighted by molar-refractivity contribution is 14.1. The minimum absolute atomic E-state index is 0.0193. The minimum atomic E-state index is -0.771. The Bertz CT molecular complexity index is 1030. The fourth-order valence-electron chi connectivity index (χ4n) is 3.44. The zero-order valence-corrected chi connectivity index (χ0v) is 15.8. The number of nitrogens with zero attached hydrogens (tertiary/aromatic N) is 5. The van der Waals surface area contributed by atoms with Crippen LogP contribution in [0.5, 0.6) is 0 Å². The van der Waals surface area contributed by atoms with Gasteiger partial charge in [-0.3, -0.25) is 4.79 Å². The number of carboxylic acid groups (broad SMARTS) is 1. The SMILES string of the molecule is Nc1ncnc2c1c(-c1noc(C3CC3)c1I)nn2C1CC(C(=O)O)C1. The monoisotopic (exact) mass is 466 g/mol. The van der Waals surface area contributed by atoms with E-state index in [1.807, 2.05) is 0 Å². The first-order valence-corrected chi connectivity index (χ1v) is 9.49. The van der Waals surface area contributed by atoms with Crippen molar-refractivity contribution in [3.63, 3.8) is 0 Å². The van der Waals surface area contributed by atoms with E-state index in [9.17, 15) is 4.79 Å². The fraction of sp³-hybridized carbons (Fsp3) is 0.438. The van der Waals surface area contributed by atoms with E-state index >= 15 is 0 Å². The highest BCUT2D eigenvalue weighted by Gasteiger charge is 2.39. The number of nitrogen functional groups attached to an aromatic ring is 1. The molecule has 10 heteroatoms. The first-order valence-electron chi connectivity index (χ1n) is 8.41. The van der Waals surface area contributed by atoms with Crippen molar-refractivity contribution in [2.24, 2.45) is 5.92 Å². The van der Waals surface area contributed by atoms with Gasteiger partial charge in [0.05, 0.1) is 20.9 Å². The summed E-state index contributed by atoms with van der Waals surface area (Å²) in [6, 6.07) is -0.0193. The molecule has 134 valence electrons. The molecule has 0 radical (unpaired) electrons. The second-order valence-corrected chi connectivity index (χ2v) is 7.97. The third-order valence-corrected chi connectivity index (χ3v) is 6.20. The lowest BCUT2D eigenvalue weighted by molar-refractivity contribution is -0.146. The lowest BCUT2D eigenvalue weighted by Crippen LogP contribution is -2.32. The Hall–Kier alpha value is -2.24. The minimum Gasteiger partial charge on any atom is -0.481 e. The lowest BCUT2D eigenvalue weighted by Gasteiger charge is -2.32. The summed E-state index contributed by atoms with van der Waals surface area (Å²) in [4.78, 5) is 19.6. The predicted molar refractivity (Wildman–Crippen MR) is 99.3 cm³/mol. The Morgan fingerprint density at radius 3 is 2.77 bits per heavy atom. The van der Waals surface area contributed by atoms with E-state index in [-0.39, 0.29) is 12.0 Å². The summed E-state index contributed by atoms with van der Waals surface area (Å²) in [6.07, 6.45) is 4.68. The van der Waals surface area contributed by atoms with Crippen molar-refractivity contribution in [1.82, 2.24) is 24.9 Å². The summed E-state index contributed by atoms with van der Waals surface area (Å²) < 4.78 is 8.26. The molecular weight excluding hydrogens is 451 g/mol.